The lowest BCUT2D eigenvalue weighted by Crippen LogP contribution is -2.38. The number of nitrogens with zero attached hydrogens (tertiary/aromatic N) is 2. The molecule has 0 N–H and O–H groups in total. The van der Waals surface area contributed by atoms with Crippen LogP contribution in [-0.2, 0) is 0 Å². The molecule has 2 nitrogen and oxygen atoms in total. The molecule has 0 aliphatic carbocycles. The molecule has 0 saturated carbocycles. The lowest BCUT2D eigenvalue weighted by Gasteiger charge is -2.39. The summed E-state index contributed by atoms with van der Waals surface area (Å²) in [6.45, 7) is 8.72. The summed E-state index contributed by atoms with van der Waals surface area (Å²) in [6, 6.07) is 6.60. The maximum atomic E-state index is 13.5. The maximum Gasteiger partial charge on any atom is 0.126 e. The molecule has 0 amide bonds. The summed E-state index contributed by atoms with van der Waals surface area (Å²) >= 11 is 0. The molecule has 1 aromatic rings. The van der Waals surface area contributed by atoms with E-state index in [-0.39, 0.29) is 5.82 Å². The van der Waals surface area contributed by atoms with Crippen molar-refractivity contribution >= 4 is 5.69 Å². The van der Waals surface area contributed by atoms with Gasteiger partial charge in [0.2, 0.25) is 0 Å². The number of anilines is 1. The second-order valence-corrected chi connectivity index (χ2v) is 6.44. The third-order valence-electron chi connectivity index (χ3n) is 4.10. The number of rotatable bonds is 1. The normalized spacial score (nSPS) is 17.3. The van der Waals surface area contributed by atoms with Crippen LogP contribution in [0.3, 0.4) is 0 Å². The molecule has 1 heterocycles. The zero-order chi connectivity index (χ0) is 14.0. The average Bonchev–Trinajstić information content (AvgIpc) is 2.37. The van der Waals surface area contributed by atoms with Crippen molar-refractivity contribution in [3.8, 4) is 6.07 Å². The molecule has 3 heteroatoms. The summed E-state index contributed by atoms with van der Waals surface area (Å²) in [4.78, 5) is 2.19. The summed E-state index contributed by atoms with van der Waals surface area (Å²) in [7, 11) is 0. The first kappa shape index (κ1) is 13.9. The lowest BCUT2D eigenvalue weighted by atomic mass is 9.75. The molecule has 1 saturated heterocycles. The Morgan fingerprint density at radius 2 is 1.84 bits per heavy atom. The molecular formula is C16H21FN2. The molecule has 2 rings (SSSR count). The van der Waals surface area contributed by atoms with Crippen molar-refractivity contribution < 1.29 is 4.39 Å². The van der Waals surface area contributed by atoms with Crippen LogP contribution in [0.15, 0.2) is 18.2 Å². The predicted octanol–water partition coefficient (Wildman–Crippen LogP) is 3.96. The van der Waals surface area contributed by atoms with Gasteiger partial charge in [-0.3, -0.25) is 0 Å². The Bertz CT molecular complexity index is 488. The van der Waals surface area contributed by atoms with E-state index in [0.29, 0.717) is 16.9 Å². The number of piperidine rings is 1. The minimum Gasteiger partial charge on any atom is -0.371 e. The van der Waals surface area contributed by atoms with Gasteiger partial charge >= 0.3 is 0 Å². The average molecular weight is 260 g/mol. The highest BCUT2D eigenvalue weighted by Crippen LogP contribution is 2.35. The van der Waals surface area contributed by atoms with Gasteiger partial charge in [0.1, 0.15) is 5.82 Å². The second-order valence-electron chi connectivity index (χ2n) is 6.44. The largest absolute Gasteiger partial charge is 0.371 e. The van der Waals surface area contributed by atoms with Gasteiger partial charge < -0.3 is 4.90 Å². The van der Waals surface area contributed by atoms with Crippen molar-refractivity contribution in [3.05, 3.63) is 29.6 Å². The highest BCUT2D eigenvalue weighted by atomic mass is 19.1. The topological polar surface area (TPSA) is 27.0 Å². The quantitative estimate of drug-likeness (QED) is 0.764. The molecule has 0 bridgehead atoms. The Balaban J connectivity index is 2.10. The molecule has 0 spiro atoms. The highest BCUT2D eigenvalue weighted by molar-refractivity contribution is 5.52. The van der Waals surface area contributed by atoms with Gasteiger partial charge in [-0.25, -0.2) is 4.39 Å². The van der Waals surface area contributed by atoms with Gasteiger partial charge in [0.15, 0.2) is 0 Å². The van der Waals surface area contributed by atoms with Crippen LogP contribution in [0.25, 0.3) is 0 Å². The Kier molecular flexibility index (Phi) is 3.80. The van der Waals surface area contributed by atoms with E-state index in [4.69, 9.17) is 5.26 Å². The predicted molar refractivity (Wildman–Crippen MR) is 75.5 cm³/mol. The molecule has 0 atom stereocenters. The zero-order valence-electron chi connectivity index (χ0n) is 11.9. The molecule has 0 unspecified atom stereocenters. The molecule has 1 fully saturated rings. The fourth-order valence-corrected chi connectivity index (χ4v) is 2.82. The molecule has 0 aromatic heterocycles. The van der Waals surface area contributed by atoms with Crippen molar-refractivity contribution in [2.75, 3.05) is 18.0 Å². The highest BCUT2D eigenvalue weighted by Gasteiger charge is 2.28. The number of halogens is 1. The first-order chi connectivity index (χ1) is 8.90. The van der Waals surface area contributed by atoms with Crippen molar-refractivity contribution in [1.82, 2.24) is 0 Å². The van der Waals surface area contributed by atoms with E-state index in [1.165, 1.54) is 12.1 Å². The Morgan fingerprint density at radius 1 is 1.21 bits per heavy atom. The monoisotopic (exact) mass is 260 g/mol. The summed E-state index contributed by atoms with van der Waals surface area (Å²) in [5, 5.41) is 8.90. The first-order valence-corrected chi connectivity index (χ1v) is 6.86. The van der Waals surface area contributed by atoms with Crippen LogP contribution >= 0.6 is 0 Å². The fourth-order valence-electron chi connectivity index (χ4n) is 2.82. The van der Waals surface area contributed by atoms with E-state index in [2.05, 4.69) is 25.7 Å². The van der Waals surface area contributed by atoms with E-state index in [0.717, 1.165) is 31.6 Å². The van der Waals surface area contributed by atoms with Crippen molar-refractivity contribution in [1.29, 1.82) is 5.26 Å². The fraction of sp³-hybridized carbons (Fsp3) is 0.562. The third-order valence-corrected chi connectivity index (χ3v) is 4.10. The molecule has 102 valence electrons. The van der Waals surface area contributed by atoms with Gasteiger partial charge in [-0.05, 0) is 42.4 Å². The molecule has 1 aliphatic rings. The van der Waals surface area contributed by atoms with Crippen molar-refractivity contribution in [2.24, 2.45) is 11.3 Å². The lowest BCUT2D eigenvalue weighted by molar-refractivity contribution is 0.199. The van der Waals surface area contributed by atoms with Crippen LogP contribution in [-0.4, -0.2) is 13.1 Å². The zero-order valence-corrected chi connectivity index (χ0v) is 11.9. The van der Waals surface area contributed by atoms with E-state index < -0.39 is 0 Å². The number of hydrogen-bond donors (Lipinski definition) is 0. The molecule has 1 aliphatic heterocycles. The van der Waals surface area contributed by atoms with Crippen LogP contribution in [0.4, 0.5) is 10.1 Å². The van der Waals surface area contributed by atoms with Crippen molar-refractivity contribution in [3.63, 3.8) is 0 Å². The second kappa shape index (κ2) is 5.21. The van der Waals surface area contributed by atoms with Crippen LogP contribution in [0, 0.1) is 28.5 Å². The van der Waals surface area contributed by atoms with Crippen LogP contribution in [0.2, 0.25) is 0 Å². The number of benzene rings is 1. The minimum atomic E-state index is -0.327. The van der Waals surface area contributed by atoms with Gasteiger partial charge in [0.25, 0.3) is 0 Å². The number of hydrogen-bond acceptors (Lipinski definition) is 2. The first-order valence-electron chi connectivity index (χ1n) is 6.86. The van der Waals surface area contributed by atoms with E-state index >= 15 is 0 Å². The Labute approximate surface area is 114 Å². The van der Waals surface area contributed by atoms with Gasteiger partial charge in [0, 0.05) is 18.8 Å². The van der Waals surface area contributed by atoms with Gasteiger partial charge in [-0.1, -0.05) is 20.8 Å². The van der Waals surface area contributed by atoms with Crippen LogP contribution in [0.1, 0.15) is 39.2 Å². The van der Waals surface area contributed by atoms with Gasteiger partial charge in [-0.2, -0.15) is 5.26 Å². The van der Waals surface area contributed by atoms with Crippen LogP contribution < -0.4 is 4.90 Å². The SMILES string of the molecule is CC(C)(C)C1CCN(c2cc(F)cc(C#N)c2)CC1. The summed E-state index contributed by atoms with van der Waals surface area (Å²) in [6.07, 6.45) is 2.25. The van der Waals surface area contributed by atoms with E-state index in [1.807, 2.05) is 6.07 Å². The summed E-state index contributed by atoms with van der Waals surface area (Å²) < 4.78 is 13.5. The summed E-state index contributed by atoms with van der Waals surface area (Å²) in [5.74, 6) is 0.389. The molecule has 0 radical (unpaired) electrons. The smallest absolute Gasteiger partial charge is 0.126 e. The number of nitriles is 1. The molecular weight excluding hydrogens is 239 g/mol. The van der Waals surface area contributed by atoms with Crippen molar-refractivity contribution in [2.45, 2.75) is 33.6 Å². The van der Waals surface area contributed by atoms with E-state index in [9.17, 15) is 4.39 Å². The Hall–Kier alpha value is -1.56. The molecule has 1 aromatic carbocycles. The van der Waals surface area contributed by atoms with Gasteiger partial charge in [-0.15, -0.1) is 0 Å². The maximum absolute atomic E-state index is 13.5. The molecule has 19 heavy (non-hydrogen) atoms. The minimum absolute atomic E-state index is 0.327. The Morgan fingerprint density at radius 3 is 2.37 bits per heavy atom. The van der Waals surface area contributed by atoms with E-state index in [1.54, 1.807) is 6.07 Å². The standard InChI is InChI=1S/C16H21FN2/c1-16(2,3)13-4-6-19(7-5-13)15-9-12(11-18)8-14(17)10-15/h8-10,13H,4-7H2,1-3H3. The third kappa shape index (κ3) is 3.26. The van der Waals surface area contributed by atoms with Crippen LogP contribution in [0.5, 0.6) is 0 Å². The van der Waals surface area contributed by atoms with Gasteiger partial charge in [0.05, 0.1) is 11.6 Å². The summed E-state index contributed by atoms with van der Waals surface area (Å²) in [5.41, 5.74) is 1.57.